The molecule has 1 saturated heterocycles. The lowest BCUT2D eigenvalue weighted by Crippen LogP contribution is -2.40. The molecule has 0 radical (unpaired) electrons. The molecule has 0 bridgehead atoms. The van der Waals surface area contributed by atoms with Gasteiger partial charge in [0.05, 0.1) is 12.2 Å². The van der Waals surface area contributed by atoms with Crippen LogP contribution in [0.2, 0.25) is 0 Å². The van der Waals surface area contributed by atoms with Gasteiger partial charge < -0.3 is 4.90 Å². The van der Waals surface area contributed by atoms with Crippen LogP contribution in [0.3, 0.4) is 0 Å². The molecule has 0 aliphatic carbocycles. The third-order valence-electron chi connectivity index (χ3n) is 4.55. The van der Waals surface area contributed by atoms with Gasteiger partial charge in [0.2, 0.25) is 5.91 Å². The lowest BCUT2D eigenvalue weighted by molar-refractivity contribution is -0.133. The van der Waals surface area contributed by atoms with Gasteiger partial charge in [-0.15, -0.1) is 0 Å². The predicted octanol–water partition coefficient (Wildman–Crippen LogP) is 3.38. The third-order valence-corrected chi connectivity index (χ3v) is 4.55. The Hall–Kier alpha value is -2.10. The van der Waals surface area contributed by atoms with Crippen molar-refractivity contribution in [3.63, 3.8) is 0 Å². The minimum absolute atomic E-state index is 0.287. The van der Waals surface area contributed by atoms with Gasteiger partial charge in [-0.1, -0.05) is 30.3 Å². The molecule has 1 aromatic carbocycles. The average molecular weight is 311 g/mol. The van der Waals surface area contributed by atoms with Crippen LogP contribution < -0.4 is 0 Å². The Balaban J connectivity index is 1.49. The standard InChI is InChI=1S/C19H25N3O/c1-16-13-20-22(14-16)18-10-6-12-21(15-18)19(23)11-5-9-17-7-3-2-4-8-17/h2-4,7-8,13-14,18H,5-6,9-12,15H2,1H3/t18-/m1/s1. The molecule has 1 fully saturated rings. The van der Waals surface area contributed by atoms with Crippen LogP contribution in [0.5, 0.6) is 0 Å². The van der Waals surface area contributed by atoms with Gasteiger partial charge in [0, 0.05) is 25.7 Å². The Labute approximate surface area is 138 Å². The van der Waals surface area contributed by atoms with Crippen LogP contribution in [-0.2, 0) is 11.2 Å². The highest BCUT2D eigenvalue weighted by Gasteiger charge is 2.24. The molecular weight excluding hydrogens is 286 g/mol. The highest BCUT2D eigenvalue weighted by atomic mass is 16.2. The lowest BCUT2D eigenvalue weighted by atomic mass is 10.0. The van der Waals surface area contributed by atoms with Crippen molar-refractivity contribution in [3.8, 4) is 0 Å². The van der Waals surface area contributed by atoms with E-state index >= 15 is 0 Å². The molecule has 0 N–H and O–H groups in total. The number of nitrogens with zero attached hydrogens (tertiary/aromatic N) is 3. The molecule has 23 heavy (non-hydrogen) atoms. The fourth-order valence-corrected chi connectivity index (χ4v) is 3.28. The normalized spacial score (nSPS) is 18.1. The first-order valence-corrected chi connectivity index (χ1v) is 8.55. The number of aryl methyl sites for hydroxylation is 2. The SMILES string of the molecule is Cc1cnn([C@@H]2CCCN(C(=O)CCCc3ccccc3)C2)c1. The average Bonchev–Trinajstić information content (AvgIpc) is 3.02. The largest absolute Gasteiger partial charge is 0.341 e. The van der Waals surface area contributed by atoms with Crippen molar-refractivity contribution in [3.05, 3.63) is 53.9 Å². The Kier molecular flexibility index (Phi) is 5.11. The zero-order valence-corrected chi connectivity index (χ0v) is 13.8. The second-order valence-electron chi connectivity index (χ2n) is 6.47. The molecule has 1 aromatic heterocycles. The van der Waals surface area contributed by atoms with Crippen LogP contribution in [0.25, 0.3) is 0 Å². The van der Waals surface area contributed by atoms with Gasteiger partial charge in [-0.3, -0.25) is 9.48 Å². The summed E-state index contributed by atoms with van der Waals surface area (Å²) in [5, 5.41) is 4.41. The first-order valence-electron chi connectivity index (χ1n) is 8.55. The lowest BCUT2D eigenvalue weighted by Gasteiger charge is -2.33. The molecule has 1 atom stereocenters. The molecule has 4 nitrogen and oxygen atoms in total. The number of benzene rings is 1. The molecule has 0 unspecified atom stereocenters. The summed E-state index contributed by atoms with van der Waals surface area (Å²) < 4.78 is 2.03. The molecule has 122 valence electrons. The van der Waals surface area contributed by atoms with Crippen LogP contribution >= 0.6 is 0 Å². The van der Waals surface area contributed by atoms with E-state index in [4.69, 9.17) is 0 Å². The Morgan fingerprint density at radius 3 is 2.87 bits per heavy atom. The van der Waals surface area contributed by atoms with E-state index in [0.29, 0.717) is 12.5 Å². The van der Waals surface area contributed by atoms with Gasteiger partial charge in [-0.05, 0) is 43.7 Å². The van der Waals surface area contributed by atoms with Gasteiger partial charge in [-0.25, -0.2) is 0 Å². The topological polar surface area (TPSA) is 38.1 Å². The summed E-state index contributed by atoms with van der Waals surface area (Å²) >= 11 is 0. The zero-order chi connectivity index (χ0) is 16.1. The van der Waals surface area contributed by atoms with Crippen molar-refractivity contribution in [1.29, 1.82) is 0 Å². The maximum Gasteiger partial charge on any atom is 0.222 e. The molecule has 0 saturated carbocycles. The summed E-state index contributed by atoms with van der Waals surface area (Å²) in [6, 6.07) is 10.7. The van der Waals surface area contributed by atoms with E-state index in [1.54, 1.807) is 0 Å². The highest BCUT2D eigenvalue weighted by molar-refractivity contribution is 5.76. The first-order chi connectivity index (χ1) is 11.2. The van der Waals surface area contributed by atoms with Crippen molar-refractivity contribution in [2.24, 2.45) is 0 Å². The van der Waals surface area contributed by atoms with Crippen molar-refractivity contribution in [2.45, 2.75) is 45.1 Å². The van der Waals surface area contributed by atoms with E-state index in [2.05, 4.69) is 42.5 Å². The molecule has 1 amide bonds. The molecule has 3 rings (SSSR count). The van der Waals surface area contributed by atoms with Crippen molar-refractivity contribution in [1.82, 2.24) is 14.7 Å². The van der Waals surface area contributed by atoms with Gasteiger partial charge in [0.1, 0.15) is 0 Å². The number of rotatable bonds is 5. The van der Waals surface area contributed by atoms with E-state index < -0.39 is 0 Å². The Morgan fingerprint density at radius 1 is 1.30 bits per heavy atom. The molecular formula is C19H25N3O. The van der Waals surface area contributed by atoms with Crippen LogP contribution in [0.4, 0.5) is 0 Å². The van der Waals surface area contributed by atoms with Gasteiger partial charge in [-0.2, -0.15) is 5.10 Å². The van der Waals surface area contributed by atoms with Gasteiger partial charge in [0.25, 0.3) is 0 Å². The summed E-state index contributed by atoms with van der Waals surface area (Å²) in [6.07, 6.45) is 8.67. The van der Waals surface area contributed by atoms with E-state index in [0.717, 1.165) is 38.8 Å². The smallest absolute Gasteiger partial charge is 0.222 e. The minimum Gasteiger partial charge on any atom is -0.341 e. The van der Waals surface area contributed by atoms with Crippen molar-refractivity contribution >= 4 is 5.91 Å². The van der Waals surface area contributed by atoms with Crippen LogP contribution in [-0.4, -0.2) is 33.7 Å². The number of amides is 1. The maximum absolute atomic E-state index is 12.5. The summed E-state index contributed by atoms with van der Waals surface area (Å²) in [4.78, 5) is 14.5. The number of carbonyl (C=O) groups excluding carboxylic acids is 1. The quantitative estimate of drug-likeness (QED) is 0.849. The van der Waals surface area contributed by atoms with E-state index in [9.17, 15) is 4.79 Å². The molecule has 4 heteroatoms. The van der Waals surface area contributed by atoms with Gasteiger partial charge >= 0.3 is 0 Å². The van der Waals surface area contributed by atoms with Gasteiger partial charge in [0.15, 0.2) is 0 Å². The zero-order valence-electron chi connectivity index (χ0n) is 13.8. The number of hydrogen-bond acceptors (Lipinski definition) is 2. The highest BCUT2D eigenvalue weighted by Crippen LogP contribution is 2.22. The molecule has 0 spiro atoms. The van der Waals surface area contributed by atoms with Crippen LogP contribution in [0.15, 0.2) is 42.7 Å². The molecule has 2 heterocycles. The number of aromatic nitrogens is 2. The number of piperidine rings is 1. The molecule has 1 aliphatic heterocycles. The van der Waals surface area contributed by atoms with Crippen LogP contribution in [0, 0.1) is 6.92 Å². The maximum atomic E-state index is 12.5. The summed E-state index contributed by atoms with van der Waals surface area (Å²) in [7, 11) is 0. The van der Waals surface area contributed by atoms with E-state index in [1.165, 1.54) is 11.1 Å². The van der Waals surface area contributed by atoms with Crippen molar-refractivity contribution < 1.29 is 4.79 Å². The fraction of sp³-hybridized carbons (Fsp3) is 0.474. The second-order valence-corrected chi connectivity index (χ2v) is 6.47. The monoisotopic (exact) mass is 311 g/mol. The van der Waals surface area contributed by atoms with Crippen LogP contribution in [0.1, 0.15) is 42.9 Å². The first kappa shape index (κ1) is 15.8. The predicted molar refractivity (Wildman–Crippen MR) is 91.2 cm³/mol. The number of hydrogen-bond donors (Lipinski definition) is 0. The summed E-state index contributed by atoms with van der Waals surface area (Å²) in [5.41, 5.74) is 2.49. The summed E-state index contributed by atoms with van der Waals surface area (Å²) in [6.45, 7) is 3.74. The Bertz CT molecular complexity index is 635. The number of likely N-dealkylation sites (tertiary alicyclic amines) is 1. The summed E-state index contributed by atoms with van der Waals surface area (Å²) in [5.74, 6) is 0.287. The minimum atomic E-state index is 0.287. The Morgan fingerprint density at radius 2 is 2.13 bits per heavy atom. The molecule has 2 aromatic rings. The number of carbonyl (C=O) groups is 1. The van der Waals surface area contributed by atoms with Crippen molar-refractivity contribution in [2.75, 3.05) is 13.1 Å². The third kappa shape index (κ3) is 4.21. The van der Waals surface area contributed by atoms with E-state index in [-0.39, 0.29) is 5.91 Å². The fourth-order valence-electron chi connectivity index (χ4n) is 3.28. The molecule has 1 aliphatic rings. The van der Waals surface area contributed by atoms with E-state index in [1.807, 2.05) is 21.8 Å². The second kappa shape index (κ2) is 7.44.